The molecular formula is C47H33N3O. The van der Waals surface area contributed by atoms with Gasteiger partial charge in [-0.2, -0.15) is 0 Å². The summed E-state index contributed by atoms with van der Waals surface area (Å²) >= 11 is 0. The predicted octanol–water partition coefficient (Wildman–Crippen LogP) is 11.6. The second-order valence-corrected chi connectivity index (χ2v) is 13.2. The molecule has 2 unspecified atom stereocenters. The summed E-state index contributed by atoms with van der Waals surface area (Å²) in [5.74, 6) is 0.872. The normalized spacial score (nSPS) is 16.0. The Bertz CT molecular complexity index is 2750. The van der Waals surface area contributed by atoms with Gasteiger partial charge in [-0.05, 0) is 73.6 Å². The highest BCUT2D eigenvalue weighted by atomic mass is 16.3. The summed E-state index contributed by atoms with van der Waals surface area (Å²) < 4.78 is 6.40. The lowest BCUT2D eigenvalue weighted by molar-refractivity contribution is 0.411. The summed E-state index contributed by atoms with van der Waals surface area (Å²) in [6.45, 7) is 0. The van der Waals surface area contributed by atoms with Gasteiger partial charge in [0.25, 0.3) is 0 Å². The van der Waals surface area contributed by atoms with Crippen LogP contribution in [0, 0.1) is 0 Å². The third kappa shape index (κ3) is 5.25. The molecule has 0 saturated heterocycles. The average molecular weight is 656 g/mol. The van der Waals surface area contributed by atoms with Crippen LogP contribution < -0.4 is 10.6 Å². The van der Waals surface area contributed by atoms with E-state index in [1.807, 2.05) is 6.07 Å². The summed E-state index contributed by atoms with van der Waals surface area (Å²) in [7, 11) is 0. The number of rotatable bonds is 5. The van der Waals surface area contributed by atoms with E-state index in [0.717, 1.165) is 66.7 Å². The molecule has 9 aromatic rings. The third-order valence-corrected chi connectivity index (χ3v) is 10.2. The summed E-state index contributed by atoms with van der Waals surface area (Å²) in [6.07, 6.45) is -0.413. The SMILES string of the molecule is c1ccc(C2=NC(c3c(-c4ccc(-c5ccc6c(c5)oc5cc7ccccc7cc56)cc4)ccc4ccccc34)NC(c3ccccc3)N2)cc1. The quantitative estimate of drug-likeness (QED) is 0.194. The van der Waals surface area contributed by atoms with Crippen molar-refractivity contribution < 1.29 is 4.42 Å². The van der Waals surface area contributed by atoms with Crippen LogP contribution in [0.3, 0.4) is 0 Å². The van der Waals surface area contributed by atoms with Crippen LogP contribution in [0.2, 0.25) is 0 Å². The first-order valence-corrected chi connectivity index (χ1v) is 17.4. The molecular weight excluding hydrogens is 623 g/mol. The number of nitrogens with zero attached hydrogens (tertiary/aromatic N) is 1. The summed E-state index contributed by atoms with van der Waals surface area (Å²) in [4.78, 5) is 5.35. The Kier molecular flexibility index (Phi) is 7.00. The van der Waals surface area contributed by atoms with Crippen molar-refractivity contribution in [3.8, 4) is 22.3 Å². The zero-order chi connectivity index (χ0) is 33.7. The number of aliphatic imine (C=N–C) groups is 1. The monoisotopic (exact) mass is 655 g/mol. The maximum Gasteiger partial charge on any atom is 0.136 e. The molecule has 2 atom stereocenters. The van der Waals surface area contributed by atoms with E-state index < -0.39 is 0 Å². The van der Waals surface area contributed by atoms with Crippen molar-refractivity contribution in [3.05, 3.63) is 193 Å². The fourth-order valence-electron chi connectivity index (χ4n) is 7.59. The zero-order valence-electron chi connectivity index (χ0n) is 27.8. The molecule has 2 heterocycles. The van der Waals surface area contributed by atoms with Gasteiger partial charge in [0.05, 0.1) is 0 Å². The lowest BCUT2D eigenvalue weighted by Crippen LogP contribution is -2.45. The third-order valence-electron chi connectivity index (χ3n) is 10.2. The van der Waals surface area contributed by atoms with Gasteiger partial charge in [0.15, 0.2) is 0 Å². The van der Waals surface area contributed by atoms with Crippen LogP contribution in [0.1, 0.15) is 29.0 Å². The highest BCUT2D eigenvalue weighted by molar-refractivity contribution is 6.10. The molecule has 4 nitrogen and oxygen atoms in total. The number of hydrogen-bond donors (Lipinski definition) is 2. The average Bonchev–Trinajstić information content (AvgIpc) is 3.56. The molecule has 4 heteroatoms. The molecule has 1 aliphatic rings. The molecule has 1 aromatic heterocycles. The topological polar surface area (TPSA) is 49.6 Å². The minimum Gasteiger partial charge on any atom is -0.456 e. The fraction of sp³-hybridized carbons (Fsp3) is 0.0426. The van der Waals surface area contributed by atoms with Crippen molar-refractivity contribution in [1.82, 2.24) is 10.6 Å². The summed E-state index contributed by atoms with van der Waals surface area (Å²) in [5.41, 5.74) is 9.76. The first-order valence-electron chi connectivity index (χ1n) is 17.4. The molecule has 0 amide bonds. The molecule has 10 rings (SSSR count). The van der Waals surface area contributed by atoms with Crippen molar-refractivity contribution in [2.24, 2.45) is 4.99 Å². The maximum atomic E-state index is 6.40. The molecule has 8 aromatic carbocycles. The Morgan fingerprint density at radius 3 is 1.90 bits per heavy atom. The highest BCUT2D eigenvalue weighted by Crippen LogP contribution is 2.39. The van der Waals surface area contributed by atoms with Gasteiger partial charge in [-0.25, -0.2) is 4.99 Å². The number of benzene rings is 8. The van der Waals surface area contributed by atoms with Gasteiger partial charge in [0.2, 0.25) is 0 Å². The lowest BCUT2D eigenvalue weighted by atomic mass is 9.91. The fourth-order valence-corrected chi connectivity index (χ4v) is 7.59. The first-order chi connectivity index (χ1) is 25.2. The molecule has 0 fully saturated rings. The van der Waals surface area contributed by atoms with Crippen LogP contribution in [0.15, 0.2) is 185 Å². The van der Waals surface area contributed by atoms with Gasteiger partial charge >= 0.3 is 0 Å². The van der Waals surface area contributed by atoms with Crippen LogP contribution in [-0.4, -0.2) is 5.84 Å². The summed E-state index contributed by atoms with van der Waals surface area (Å²) in [6, 6.07) is 62.3. The number of furan rings is 1. The van der Waals surface area contributed by atoms with E-state index >= 15 is 0 Å². The van der Waals surface area contributed by atoms with E-state index in [1.165, 1.54) is 21.5 Å². The molecule has 242 valence electrons. The largest absolute Gasteiger partial charge is 0.456 e. The number of hydrogen-bond acceptors (Lipinski definition) is 4. The molecule has 1 aliphatic heterocycles. The van der Waals surface area contributed by atoms with E-state index in [1.54, 1.807) is 0 Å². The summed E-state index contributed by atoms with van der Waals surface area (Å²) in [5, 5.41) is 14.6. The Morgan fingerprint density at radius 1 is 0.451 bits per heavy atom. The predicted molar refractivity (Wildman–Crippen MR) is 211 cm³/mol. The van der Waals surface area contributed by atoms with E-state index in [0.29, 0.717) is 0 Å². The van der Waals surface area contributed by atoms with Crippen LogP contribution in [0.25, 0.3) is 65.7 Å². The molecule has 0 radical (unpaired) electrons. The molecule has 2 N–H and O–H groups in total. The van der Waals surface area contributed by atoms with E-state index in [-0.39, 0.29) is 12.3 Å². The lowest BCUT2D eigenvalue weighted by Gasteiger charge is -2.33. The van der Waals surface area contributed by atoms with Crippen molar-refractivity contribution in [2.75, 3.05) is 0 Å². The highest BCUT2D eigenvalue weighted by Gasteiger charge is 2.28. The van der Waals surface area contributed by atoms with Crippen LogP contribution in [-0.2, 0) is 0 Å². The van der Waals surface area contributed by atoms with Gasteiger partial charge < -0.3 is 9.73 Å². The maximum absolute atomic E-state index is 6.40. The molecule has 0 spiro atoms. The van der Waals surface area contributed by atoms with E-state index in [2.05, 4.69) is 180 Å². The molecule has 51 heavy (non-hydrogen) atoms. The van der Waals surface area contributed by atoms with Gasteiger partial charge in [-0.1, -0.05) is 152 Å². The van der Waals surface area contributed by atoms with Crippen molar-refractivity contribution >= 4 is 49.3 Å². The van der Waals surface area contributed by atoms with E-state index in [9.17, 15) is 0 Å². The molecule has 0 saturated carbocycles. The molecule has 0 aliphatic carbocycles. The van der Waals surface area contributed by atoms with E-state index in [4.69, 9.17) is 9.41 Å². The minimum absolute atomic E-state index is 0.121. The van der Waals surface area contributed by atoms with Gasteiger partial charge in [-0.15, -0.1) is 0 Å². The van der Waals surface area contributed by atoms with Gasteiger partial charge in [0.1, 0.15) is 29.3 Å². The van der Waals surface area contributed by atoms with Crippen LogP contribution >= 0.6 is 0 Å². The second kappa shape index (κ2) is 12.1. The first kappa shape index (κ1) is 29.4. The number of fused-ring (bicyclic) bond motifs is 5. The van der Waals surface area contributed by atoms with Gasteiger partial charge in [-0.3, -0.25) is 5.32 Å². The number of nitrogens with one attached hydrogen (secondary N) is 2. The minimum atomic E-state index is -0.292. The Hall–Kier alpha value is -6.49. The van der Waals surface area contributed by atoms with Crippen LogP contribution in [0.5, 0.6) is 0 Å². The van der Waals surface area contributed by atoms with Crippen molar-refractivity contribution in [1.29, 1.82) is 0 Å². The standard InChI is InChI=1S/C47H33N3O/c1-3-12-33(13-4-1)45-48-46(34-14-5-2-6-15-34)50-47(49-45)44-38-18-10-9-11-31(38)23-25-39(44)32-21-19-30(20-22-32)37-24-26-40-41-27-35-16-7-8-17-36(35)28-43(41)51-42(40)29-37/h1-29,45,47,49H,(H,48,50). The van der Waals surface area contributed by atoms with Crippen molar-refractivity contribution in [2.45, 2.75) is 12.3 Å². The second-order valence-electron chi connectivity index (χ2n) is 13.2. The smallest absolute Gasteiger partial charge is 0.136 e. The van der Waals surface area contributed by atoms with Gasteiger partial charge in [0, 0.05) is 21.9 Å². The van der Waals surface area contributed by atoms with Crippen LogP contribution in [0.4, 0.5) is 0 Å². The number of amidine groups is 1. The van der Waals surface area contributed by atoms with Crippen molar-refractivity contribution in [3.63, 3.8) is 0 Å². The Morgan fingerprint density at radius 2 is 1.10 bits per heavy atom. The zero-order valence-corrected chi connectivity index (χ0v) is 27.8. The Labute approximate surface area is 295 Å². The Balaban J connectivity index is 1.06. The molecule has 0 bridgehead atoms.